The second-order valence-electron chi connectivity index (χ2n) is 2.33. The van der Waals surface area contributed by atoms with Gasteiger partial charge in [0.05, 0.1) is 12.2 Å². The molecule has 0 atom stereocenters. The summed E-state index contributed by atoms with van der Waals surface area (Å²) in [4.78, 5) is 0. The molecule has 0 radical (unpaired) electrons. The summed E-state index contributed by atoms with van der Waals surface area (Å²) in [6.45, 7) is 3.54. The van der Waals surface area contributed by atoms with Crippen molar-refractivity contribution in [3.63, 3.8) is 0 Å². The Morgan fingerprint density at radius 3 is 3.09 bits per heavy atom. The van der Waals surface area contributed by atoms with Crippen molar-refractivity contribution in [3.05, 3.63) is 17.5 Å². The Morgan fingerprint density at radius 2 is 2.55 bits per heavy atom. The summed E-state index contributed by atoms with van der Waals surface area (Å²) in [6.07, 6.45) is 0. The Morgan fingerprint density at radius 1 is 1.73 bits per heavy atom. The molecular formula is C7H12N2OS. The molecule has 4 heteroatoms. The molecule has 0 aromatic carbocycles. The Labute approximate surface area is 71.6 Å². The van der Waals surface area contributed by atoms with Crippen molar-refractivity contribution >= 4 is 12.6 Å². The van der Waals surface area contributed by atoms with Gasteiger partial charge in [-0.2, -0.15) is 12.6 Å². The van der Waals surface area contributed by atoms with Crippen LogP contribution in [0.2, 0.25) is 0 Å². The fourth-order valence-electron chi connectivity index (χ4n) is 0.790. The molecule has 1 N–H and O–H groups in total. The molecule has 0 bridgehead atoms. The van der Waals surface area contributed by atoms with Gasteiger partial charge in [-0.1, -0.05) is 5.16 Å². The van der Waals surface area contributed by atoms with E-state index in [1.54, 1.807) is 0 Å². The first kappa shape index (κ1) is 8.62. The van der Waals surface area contributed by atoms with Gasteiger partial charge in [-0.3, -0.25) is 0 Å². The molecule has 0 unspecified atom stereocenters. The summed E-state index contributed by atoms with van der Waals surface area (Å²) in [5, 5.41) is 6.92. The average molecular weight is 172 g/mol. The van der Waals surface area contributed by atoms with Gasteiger partial charge in [-0.05, 0) is 6.92 Å². The monoisotopic (exact) mass is 172 g/mol. The van der Waals surface area contributed by atoms with Crippen LogP contribution < -0.4 is 5.32 Å². The molecule has 0 aliphatic heterocycles. The zero-order valence-corrected chi connectivity index (χ0v) is 7.40. The van der Waals surface area contributed by atoms with Crippen molar-refractivity contribution in [1.29, 1.82) is 0 Å². The van der Waals surface area contributed by atoms with Crippen LogP contribution >= 0.6 is 12.6 Å². The van der Waals surface area contributed by atoms with Gasteiger partial charge in [0, 0.05) is 18.4 Å². The molecule has 0 aliphatic carbocycles. The first-order chi connectivity index (χ1) is 5.33. The largest absolute Gasteiger partial charge is 0.360 e. The minimum absolute atomic E-state index is 0.738. The van der Waals surface area contributed by atoms with E-state index >= 15 is 0 Å². The van der Waals surface area contributed by atoms with Crippen LogP contribution in [-0.2, 0) is 6.54 Å². The third-order valence-electron chi connectivity index (χ3n) is 1.26. The van der Waals surface area contributed by atoms with Gasteiger partial charge in [0.1, 0.15) is 0 Å². The fraction of sp³-hybridized carbons (Fsp3) is 0.571. The number of nitrogens with one attached hydrogen (secondary N) is 1. The molecule has 1 aromatic rings. The number of nitrogens with zero attached hydrogens (tertiary/aromatic N) is 1. The maximum Gasteiger partial charge on any atom is 0.150 e. The van der Waals surface area contributed by atoms with E-state index in [9.17, 15) is 0 Å². The third kappa shape index (κ3) is 2.95. The lowest BCUT2D eigenvalue weighted by Gasteiger charge is -1.95. The van der Waals surface area contributed by atoms with E-state index in [2.05, 4.69) is 23.1 Å². The van der Waals surface area contributed by atoms with E-state index in [0.717, 1.165) is 30.3 Å². The maximum absolute atomic E-state index is 4.97. The van der Waals surface area contributed by atoms with E-state index in [1.807, 2.05) is 13.0 Å². The van der Waals surface area contributed by atoms with Crippen LogP contribution in [0.1, 0.15) is 11.5 Å². The van der Waals surface area contributed by atoms with E-state index in [-0.39, 0.29) is 0 Å². The second kappa shape index (κ2) is 4.41. The van der Waals surface area contributed by atoms with Crippen LogP contribution in [0, 0.1) is 6.92 Å². The minimum Gasteiger partial charge on any atom is -0.360 e. The molecule has 1 aromatic heterocycles. The summed E-state index contributed by atoms with van der Waals surface area (Å²) in [6, 6.07) is 1.92. The van der Waals surface area contributed by atoms with E-state index in [0.29, 0.717) is 0 Å². The molecule has 1 heterocycles. The lowest BCUT2D eigenvalue weighted by atomic mass is 10.4. The molecule has 0 amide bonds. The first-order valence-corrected chi connectivity index (χ1v) is 4.20. The number of hydrogen-bond acceptors (Lipinski definition) is 4. The highest BCUT2D eigenvalue weighted by atomic mass is 32.1. The SMILES string of the molecule is Cc1cc(CNCCS)on1. The predicted octanol–water partition coefficient (Wildman–Crippen LogP) is 1.00. The van der Waals surface area contributed by atoms with Crippen molar-refractivity contribution in [3.8, 4) is 0 Å². The number of rotatable bonds is 4. The van der Waals surface area contributed by atoms with Gasteiger partial charge >= 0.3 is 0 Å². The number of hydrogen-bond donors (Lipinski definition) is 2. The van der Waals surface area contributed by atoms with Gasteiger partial charge in [0.2, 0.25) is 0 Å². The van der Waals surface area contributed by atoms with Crippen LogP contribution in [-0.4, -0.2) is 17.5 Å². The standard InChI is InChI=1S/C7H12N2OS/c1-6-4-7(10-9-6)5-8-2-3-11/h4,8,11H,2-3,5H2,1H3. The lowest BCUT2D eigenvalue weighted by molar-refractivity contribution is 0.371. The molecule has 1 rings (SSSR count). The molecule has 0 saturated carbocycles. The van der Waals surface area contributed by atoms with Crippen LogP contribution in [0.3, 0.4) is 0 Å². The zero-order valence-electron chi connectivity index (χ0n) is 6.50. The molecule has 0 spiro atoms. The van der Waals surface area contributed by atoms with E-state index in [1.165, 1.54) is 0 Å². The number of thiol groups is 1. The smallest absolute Gasteiger partial charge is 0.150 e. The van der Waals surface area contributed by atoms with E-state index in [4.69, 9.17) is 4.52 Å². The van der Waals surface area contributed by atoms with Crippen molar-refractivity contribution in [2.75, 3.05) is 12.3 Å². The Bertz CT molecular complexity index is 212. The molecule has 0 aliphatic rings. The topological polar surface area (TPSA) is 38.1 Å². The highest BCUT2D eigenvalue weighted by Gasteiger charge is 1.97. The minimum atomic E-state index is 0.738. The van der Waals surface area contributed by atoms with Gasteiger partial charge < -0.3 is 9.84 Å². The normalized spacial score (nSPS) is 10.4. The highest BCUT2D eigenvalue weighted by Crippen LogP contribution is 2.00. The highest BCUT2D eigenvalue weighted by molar-refractivity contribution is 7.80. The van der Waals surface area contributed by atoms with E-state index < -0.39 is 0 Å². The molecule has 11 heavy (non-hydrogen) atoms. The number of aromatic nitrogens is 1. The molecule has 0 saturated heterocycles. The molecule has 62 valence electrons. The van der Waals surface area contributed by atoms with Crippen molar-refractivity contribution < 1.29 is 4.52 Å². The summed E-state index contributed by atoms with van der Waals surface area (Å²) in [5.74, 6) is 1.72. The van der Waals surface area contributed by atoms with Crippen molar-refractivity contribution in [2.24, 2.45) is 0 Å². The Kier molecular flexibility index (Phi) is 3.45. The summed E-state index contributed by atoms with van der Waals surface area (Å²) in [7, 11) is 0. The van der Waals surface area contributed by atoms with Crippen LogP contribution in [0.15, 0.2) is 10.6 Å². The quantitative estimate of drug-likeness (QED) is 0.525. The second-order valence-corrected chi connectivity index (χ2v) is 2.78. The van der Waals surface area contributed by atoms with Crippen LogP contribution in [0.4, 0.5) is 0 Å². The molecule has 0 fully saturated rings. The fourth-order valence-corrected chi connectivity index (χ4v) is 0.948. The third-order valence-corrected chi connectivity index (χ3v) is 1.49. The summed E-state index contributed by atoms with van der Waals surface area (Å²) >= 11 is 4.06. The molecule has 3 nitrogen and oxygen atoms in total. The van der Waals surface area contributed by atoms with Crippen LogP contribution in [0.25, 0.3) is 0 Å². The average Bonchev–Trinajstić information content (AvgIpc) is 2.37. The predicted molar refractivity (Wildman–Crippen MR) is 46.8 cm³/mol. The Balaban J connectivity index is 2.27. The van der Waals surface area contributed by atoms with Gasteiger partial charge in [0.25, 0.3) is 0 Å². The Hall–Kier alpha value is -0.480. The number of aryl methyl sites for hydroxylation is 1. The lowest BCUT2D eigenvalue weighted by Crippen LogP contribution is -2.15. The first-order valence-electron chi connectivity index (χ1n) is 3.56. The maximum atomic E-state index is 4.97. The summed E-state index contributed by atoms with van der Waals surface area (Å²) in [5.41, 5.74) is 0.924. The summed E-state index contributed by atoms with van der Waals surface area (Å²) < 4.78 is 4.97. The van der Waals surface area contributed by atoms with Gasteiger partial charge in [-0.25, -0.2) is 0 Å². The van der Waals surface area contributed by atoms with Gasteiger partial charge in [-0.15, -0.1) is 0 Å². The zero-order chi connectivity index (χ0) is 8.10. The van der Waals surface area contributed by atoms with Crippen molar-refractivity contribution in [2.45, 2.75) is 13.5 Å². The van der Waals surface area contributed by atoms with Crippen LogP contribution in [0.5, 0.6) is 0 Å². The van der Waals surface area contributed by atoms with Gasteiger partial charge in [0.15, 0.2) is 5.76 Å². The molecular weight excluding hydrogens is 160 g/mol. The van der Waals surface area contributed by atoms with Crippen molar-refractivity contribution in [1.82, 2.24) is 10.5 Å².